The Bertz CT molecular complexity index is 922. The summed E-state index contributed by atoms with van der Waals surface area (Å²) in [5.41, 5.74) is 9.24. The van der Waals surface area contributed by atoms with Crippen molar-refractivity contribution in [1.29, 1.82) is 0 Å². The third-order valence-electron chi connectivity index (χ3n) is 4.07. The van der Waals surface area contributed by atoms with Crippen LogP contribution in [-0.2, 0) is 18.3 Å². The van der Waals surface area contributed by atoms with Crippen LogP contribution < -0.4 is 11.1 Å². The Hall–Kier alpha value is -2.83. The molecule has 1 amide bonds. The number of rotatable bonds is 5. The summed E-state index contributed by atoms with van der Waals surface area (Å²) in [6.07, 6.45) is 3.74. The van der Waals surface area contributed by atoms with Gasteiger partial charge in [0.05, 0.1) is 24.3 Å². The number of benzene rings is 2. The lowest BCUT2D eigenvalue weighted by Gasteiger charge is -2.14. The number of phenolic OH excluding ortho intramolecular Hbond substituents is 1. The molecule has 3 rings (SSSR count). The van der Waals surface area contributed by atoms with Crippen LogP contribution in [0.15, 0.2) is 55.0 Å². The molecule has 4 N–H and O–H groups in total. The van der Waals surface area contributed by atoms with Gasteiger partial charge >= 0.3 is 0 Å². The number of amides is 1. The molecule has 2 aromatic carbocycles. The van der Waals surface area contributed by atoms with E-state index in [1.54, 1.807) is 18.6 Å². The zero-order chi connectivity index (χ0) is 18.7. The molecule has 0 aliphatic carbocycles. The van der Waals surface area contributed by atoms with Crippen LogP contribution in [-0.4, -0.2) is 26.6 Å². The molecule has 0 spiro atoms. The molecule has 1 heterocycles. The fraction of sp³-hybridized carbons (Fsp3) is 0.158. The third kappa shape index (κ3) is 4.04. The Morgan fingerprint density at radius 3 is 2.69 bits per heavy atom. The number of anilines is 1. The number of aromatic nitrogens is 2. The summed E-state index contributed by atoms with van der Waals surface area (Å²) in [5, 5.41) is 12.8. The summed E-state index contributed by atoms with van der Waals surface area (Å²) in [4.78, 5) is 16.4. The molecule has 1 aromatic heterocycles. The fourth-order valence-corrected chi connectivity index (χ4v) is 2.84. The highest BCUT2D eigenvalue weighted by Gasteiger charge is 2.16. The fourth-order valence-electron chi connectivity index (χ4n) is 2.64. The van der Waals surface area contributed by atoms with Crippen LogP contribution in [0.5, 0.6) is 5.75 Å². The number of aromatic hydroxyl groups is 1. The van der Waals surface area contributed by atoms with E-state index in [-0.39, 0.29) is 18.1 Å². The van der Waals surface area contributed by atoms with Gasteiger partial charge in [0.1, 0.15) is 5.75 Å². The lowest BCUT2D eigenvalue weighted by atomic mass is 10.1. The topological polar surface area (TPSA) is 93.2 Å². The van der Waals surface area contributed by atoms with Gasteiger partial charge in [-0.1, -0.05) is 23.7 Å². The summed E-state index contributed by atoms with van der Waals surface area (Å²) in [5.74, 6) is -0.236. The molecule has 0 fully saturated rings. The van der Waals surface area contributed by atoms with E-state index in [4.69, 9.17) is 17.3 Å². The molecule has 6 nitrogen and oxygen atoms in total. The Balaban J connectivity index is 1.65. The molecule has 7 heteroatoms. The van der Waals surface area contributed by atoms with Gasteiger partial charge in [0.2, 0.25) is 5.91 Å². The second-order valence-electron chi connectivity index (χ2n) is 6.04. The van der Waals surface area contributed by atoms with E-state index < -0.39 is 6.04 Å². The molecular weight excluding hydrogens is 352 g/mol. The van der Waals surface area contributed by atoms with E-state index in [0.717, 1.165) is 11.3 Å². The summed E-state index contributed by atoms with van der Waals surface area (Å²) in [6.45, 7) is 0. The Morgan fingerprint density at radius 1 is 1.31 bits per heavy atom. The van der Waals surface area contributed by atoms with Crippen LogP contribution in [0.4, 0.5) is 5.69 Å². The van der Waals surface area contributed by atoms with E-state index in [9.17, 15) is 9.90 Å². The van der Waals surface area contributed by atoms with Crippen molar-refractivity contribution in [1.82, 2.24) is 9.55 Å². The average molecular weight is 371 g/mol. The molecule has 0 radical (unpaired) electrons. The van der Waals surface area contributed by atoms with E-state index in [1.165, 1.54) is 12.1 Å². The largest absolute Gasteiger partial charge is 0.508 e. The Labute approximate surface area is 156 Å². The molecule has 0 saturated heterocycles. The number of imidazole rings is 1. The van der Waals surface area contributed by atoms with E-state index in [0.29, 0.717) is 16.3 Å². The van der Waals surface area contributed by atoms with Crippen LogP contribution in [0.25, 0.3) is 11.3 Å². The van der Waals surface area contributed by atoms with Gasteiger partial charge in [0.15, 0.2) is 0 Å². The highest BCUT2D eigenvalue weighted by Crippen LogP contribution is 2.23. The first-order valence-corrected chi connectivity index (χ1v) is 8.42. The summed E-state index contributed by atoms with van der Waals surface area (Å²) >= 11 is 6.08. The Morgan fingerprint density at radius 2 is 2.04 bits per heavy atom. The first-order valence-electron chi connectivity index (χ1n) is 8.04. The van der Waals surface area contributed by atoms with Gasteiger partial charge in [-0.05, 0) is 47.9 Å². The maximum atomic E-state index is 12.3. The number of carbonyl (C=O) groups excluding carboxylic acids is 1. The SMILES string of the molecule is Cn1cncc1-c1ccc(NC(=O)[C@@H](N)Cc2cc(O)ccc2Cl)cc1. The summed E-state index contributed by atoms with van der Waals surface area (Å²) in [6, 6.07) is 11.2. The van der Waals surface area contributed by atoms with Crippen molar-refractivity contribution in [3.8, 4) is 17.0 Å². The molecule has 0 aliphatic rings. The average Bonchev–Trinajstić information content (AvgIpc) is 3.04. The van der Waals surface area contributed by atoms with Gasteiger partial charge in [0, 0.05) is 17.8 Å². The number of nitrogens with one attached hydrogen (secondary N) is 1. The number of aryl methyl sites for hydroxylation is 1. The summed E-state index contributed by atoms with van der Waals surface area (Å²) in [7, 11) is 1.92. The number of hydrogen-bond donors (Lipinski definition) is 3. The molecule has 0 unspecified atom stereocenters. The Kier molecular flexibility index (Phi) is 5.25. The van der Waals surface area contributed by atoms with Gasteiger partial charge in [0.25, 0.3) is 0 Å². The highest BCUT2D eigenvalue weighted by molar-refractivity contribution is 6.31. The van der Waals surface area contributed by atoms with Crippen molar-refractivity contribution >= 4 is 23.2 Å². The van der Waals surface area contributed by atoms with Crippen LogP contribution >= 0.6 is 11.6 Å². The van der Waals surface area contributed by atoms with E-state index in [1.807, 2.05) is 35.9 Å². The van der Waals surface area contributed by atoms with Crippen LogP contribution in [0, 0.1) is 0 Å². The predicted octanol–water partition coefficient (Wildman–Crippen LogP) is 2.95. The first kappa shape index (κ1) is 18.0. The molecule has 0 saturated carbocycles. The monoisotopic (exact) mass is 370 g/mol. The smallest absolute Gasteiger partial charge is 0.241 e. The minimum atomic E-state index is -0.786. The maximum Gasteiger partial charge on any atom is 0.241 e. The summed E-state index contributed by atoms with van der Waals surface area (Å²) < 4.78 is 1.92. The van der Waals surface area contributed by atoms with Crippen LogP contribution in [0.1, 0.15) is 5.56 Å². The van der Waals surface area contributed by atoms with Crippen molar-refractivity contribution < 1.29 is 9.90 Å². The second-order valence-corrected chi connectivity index (χ2v) is 6.45. The van der Waals surface area contributed by atoms with Gasteiger partial charge < -0.3 is 20.7 Å². The van der Waals surface area contributed by atoms with Crippen molar-refractivity contribution in [2.75, 3.05) is 5.32 Å². The molecular formula is C19H19ClN4O2. The second kappa shape index (κ2) is 7.59. The first-order chi connectivity index (χ1) is 12.4. The minimum absolute atomic E-state index is 0.0859. The van der Waals surface area contributed by atoms with Crippen molar-refractivity contribution in [2.45, 2.75) is 12.5 Å². The molecule has 26 heavy (non-hydrogen) atoms. The number of nitrogens with two attached hydrogens (primary N) is 1. The maximum absolute atomic E-state index is 12.3. The lowest BCUT2D eigenvalue weighted by molar-refractivity contribution is -0.117. The van der Waals surface area contributed by atoms with Gasteiger partial charge in [-0.3, -0.25) is 4.79 Å². The zero-order valence-electron chi connectivity index (χ0n) is 14.2. The molecule has 1 atom stereocenters. The number of nitrogens with zero attached hydrogens (tertiary/aromatic N) is 2. The van der Waals surface area contributed by atoms with Crippen molar-refractivity contribution in [2.24, 2.45) is 12.8 Å². The number of carbonyl (C=O) groups is 1. The van der Waals surface area contributed by atoms with E-state index in [2.05, 4.69) is 10.3 Å². The highest BCUT2D eigenvalue weighted by atomic mass is 35.5. The van der Waals surface area contributed by atoms with Crippen LogP contribution in [0.3, 0.4) is 0 Å². The van der Waals surface area contributed by atoms with Gasteiger partial charge in [-0.15, -0.1) is 0 Å². The lowest BCUT2D eigenvalue weighted by Crippen LogP contribution is -2.37. The normalized spacial score (nSPS) is 12.0. The van der Waals surface area contributed by atoms with Crippen LogP contribution in [0.2, 0.25) is 5.02 Å². The quantitative estimate of drug-likeness (QED) is 0.643. The van der Waals surface area contributed by atoms with Gasteiger partial charge in [-0.25, -0.2) is 4.98 Å². The number of phenols is 1. The third-order valence-corrected chi connectivity index (χ3v) is 4.44. The van der Waals surface area contributed by atoms with Gasteiger partial charge in [-0.2, -0.15) is 0 Å². The van der Waals surface area contributed by atoms with E-state index >= 15 is 0 Å². The number of halogens is 1. The predicted molar refractivity (Wildman–Crippen MR) is 102 cm³/mol. The zero-order valence-corrected chi connectivity index (χ0v) is 14.9. The molecule has 134 valence electrons. The molecule has 3 aromatic rings. The molecule has 0 bridgehead atoms. The molecule has 0 aliphatic heterocycles. The van der Waals surface area contributed by atoms with Crippen molar-refractivity contribution in [3.05, 3.63) is 65.6 Å². The standard InChI is InChI=1S/C19H19ClN4O2/c1-24-11-22-10-18(24)12-2-4-14(5-3-12)23-19(26)17(21)9-13-8-15(25)6-7-16(13)20/h2-8,10-11,17,25H,9,21H2,1H3,(H,23,26)/t17-/m0/s1. The number of hydrogen-bond acceptors (Lipinski definition) is 4. The van der Waals surface area contributed by atoms with Crippen molar-refractivity contribution in [3.63, 3.8) is 0 Å². The minimum Gasteiger partial charge on any atom is -0.508 e.